The quantitative estimate of drug-likeness (QED) is 0.588. The highest BCUT2D eigenvalue weighted by atomic mass is 19.2. The average Bonchev–Trinajstić information content (AvgIpc) is 2.52. The first kappa shape index (κ1) is 17.2. The van der Waals surface area contributed by atoms with Gasteiger partial charge in [-0.25, -0.2) is 26.3 Å². The molecule has 0 fully saturated rings. The summed E-state index contributed by atoms with van der Waals surface area (Å²) in [6.07, 6.45) is 0. The lowest BCUT2D eigenvalue weighted by atomic mass is 10.0. The van der Waals surface area contributed by atoms with Crippen LogP contribution in [0.2, 0.25) is 0 Å². The Balaban J connectivity index is 3.44. The zero-order valence-corrected chi connectivity index (χ0v) is 11.7. The Kier molecular flexibility index (Phi) is 4.13. The largest absolute Gasteiger partial charge is 0.402 e. The number of nitrogens with zero attached hydrogens (tertiary/aromatic N) is 2. The normalized spacial score (nSPS) is 11.9. The zero-order valence-electron chi connectivity index (χ0n) is 11.7. The molecule has 0 aliphatic heterocycles. The molecule has 24 heavy (non-hydrogen) atoms. The van der Waals surface area contributed by atoms with Crippen LogP contribution in [0, 0.1) is 57.6 Å². The Morgan fingerprint density at radius 3 is 1.46 bits per heavy atom. The van der Waals surface area contributed by atoms with Gasteiger partial charge >= 0.3 is 0 Å². The van der Waals surface area contributed by atoms with Gasteiger partial charge in [0.25, 0.3) is 0 Å². The molecular weight excluding hydrogens is 336 g/mol. The van der Waals surface area contributed by atoms with E-state index in [1.165, 1.54) is 0 Å². The molecule has 122 valence electrons. The fraction of sp³-hybridized carbons (Fsp3) is 0.0667. The van der Waals surface area contributed by atoms with Crippen LogP contribution in [0.15, 0.2) is 0 Å². The third-order valence-corrected chi connectivity index (χ3v) is 3.26. The van der Waals surface area contributed by atoms with E-state index >= 15 is 0 Å². The Morgan fingerprint density at radius 1 is 0.708 bits per heavy atom. The van der Waals surface area contributed by atoms with E-state index in [4.69, 9.17) is 16.3 Å². The molecular formula is C15H5F6N3. The summed E-state index contributed by atoms with van der Waals surface area (Å²) in [5, 5.41) is 11.6. The van der Waals surface area contributed by atoms with E-state index in [9.17, 15) is 26.3 Å². The van der Waals surface area contributed by atoms with Gasteiger partial charge in [0.1, 0.15) is 29.3 Å². The molecule has 0 spiro atoms. The van der Waals surface area contributed by atoms with Crippen molar-refractivity contribution < 1.29 is 26.3 Å². The van der Waals surface area contributed by atoms with E-state index < -0.39 is 67.4 Å². The molecule has 0 saturated carbocycles. The third-order valence-electron chi connectivity index (χ3n) is 3.26. The third kappa shape index (κ3) is 2.14. The number of hydrogen-bond acceptors (Lipinski definition) is 3. The minimum Gasteiger partial charge on any atom is -0.402 e. The SMILES string of the molecule is C/C(N)=c1/c(F)c(F)c2c(F)c(=C(C#N)C#N)c(F)c(F)c2c1F. The van der Waals surface area contributed by atoms with Crippen LogP contribution in [0.1, 0.15) is 6.92 Å². The van der Waals surface area contributed by atoms with Crippen LogP contribution in [0.5, 0.6) is 0 Å². The van der Waals surface area contributed by atoms with Crippen LogP contribution in [0.3, 0.4) is 0 Å². The molecule has 0 bridgehead atoms. The molecule has 0 saturated heterocycles. The Labute approximate surface area is 130 Å². The monoisotopic (exact) mass is 341 g/mol. The van der Waals surface area contributed by atoms with Gasteiger partial charge in [0.05, 0.1) is 21.2 Å². The van der Waals surface area contributed by atoms with Crippen LogP contribution in [-0.2, 0) is 0 Å². The highest BCUT2D eigenvalue weighted by Gasteiger charge is 2.27. The predicted octanol–water partition coefficient (Wildman–Crippen LogP) is 1.96. The number of rotatable bonds is 0. The minimum atomic E-state index is -2.08. The summed E-state index contributed by atoms with van der Waals surface area (Å²) < 4.78 is 84.8. The number of benzene rings is 2. The second-order valence-electron chi connectivity index (χ2n) is 4.67. The first-order valence-electron chi connectivity index (χ1n) is 6.12. The lowest BCUT2D eigenvalue weighted by Crippen LogP contribution is -2.26. The van der Waals surface area contributed by atoms with Crippen molar-refractivity contribution in [1.82, 2.24) is 0 Å². The van der Waals surface area contributed by atoms with Gasteiger partial charge in [0.2, 0.25) is 0 Å². The standard InChI is InChI=1S/C15H5F6N3/c1-4(24)6-10(16)8-9(14(20)12(6)18)11(17)7(5(2-22)3-23)13(19)15(8)21/h24H2,1H3/b6-4-. The molecule has 2 rings (SSSR count). The van der Waals surface area contributed by atoms with Crippen molar-refractivity contribution >= 4 is 22.0 Å². The smallest absolute Gasteiger partial charge is 0.171 e. The van der Waals surface area contributed by atoms with Gasteiger partial charge in [-0.05, 0) is 6.92 Å². The number of nitriles is 2. The molecule has 0 unspecified atom stereocenters. The van der Waals surface area contributed by atoms with Crippen LogP contribution >= 0.6 is 0 Å². The summed E-state index contributed by atoms with van der Waals surface area (Å²) in [5.74, 6) is -11.9. The lowest BCUT2D eigenvalue weighted by Gasteiger charge is -2.09. The van der Waals surface area contributed by atoms with Crippen molar-refractivity contribution in [3.8, 4) is 12.1 Å². The highest BCUT2D eigenvalue weighted by molar-refractivity contribution is 5.87. The van der Waals surface area contributed by atoms with Crippen LogP contribution in [-0.4, -0.2) is 0 Å². The lowest BCUT2D eigenvalue weighted by molar-refractivity contribution is 0.470. The van der Waals surface area contributed by atoms with Gasteiger partial charge in [-0.2, -0.15) is 10.5 Å². The number of fused-ring (bicyclic) bond motifs is 1. The Morgan fingerprint density at radius 2 is 1.08 bits per heavy atom. The average molecular weight is 341 g/mol. The summed E-state index contributed by atoms with van der Waals surface area (Å²) in [6.45, 7) is 0.975. The first-order valence-corrected chi connectivity index (χ1v) is 6.12. The summed E-state index contributed by atoms with van der Waals surface area (Å²) >= 11 is 0. The predicted molar refractivity (Wildman–Crippen MR) is 70.8 cm³/mol. The van der Waals surface area contributed by atoms with E-state index in [1.807, 2.05) is 0 Å². The Hall–Kier alpha value is -3.20. The summed E-state index contributed by atoms with van der Waals surface area (Å²) in [7, 11) is 0. The van der Waals surface area contributed by atoms with Gasteiger partial charge in [-0.1, -0.05) is 0 Å². The van der Waals surface area contributed by atoms with E-state index in [-0.39, 0.29) is 0 Å². The van der Waals surface area contributed by atoms with E-state index in [0.717, 1.165) is 19.1 Å². The molecule has 0 radical (unpaired) electrons. The molecule has 0 amide bonds. The molecule has 2 aromatic carbocycles. The molecule has 0 atom stereocenters. The van der Waals surface area contributed by atoms with Crippen molar-refractivity contribution in [3.63, 3.8) is 0 Å². The van der Waals surface area contributed by atoms with E-state index in [2.05, 4.69) is 0 Å². The fourth-order valence-electron chi connectivity index (χ4n) is 2.22. The molecule has 0 aromatic heterocycles. The van der Waals surface area contributed by atoms with E-state index in [0.29, 0.717) is 0 Å². The van der Waals surface area contributed by atoms with Gasteiger partial charge in [-0.3, -0.25) is 0 Å². The van der Waals surface area contributed by atoms with Crippen LogP contribution in [0.4, 0.5) is 26.3 Å². The Bertz CT molecular complexity index is 1090. The van der Waals surface area contributed by atoms with Gasteiger partial charge < -0.3 is 5.73 Å². The second-order valence-corrected chi connectivity index (χ2v) is 4.67. The van der Waals surface area contributed by atoms with E-state index in [1.54, 1.807) is 0 Å². The van der Waals surface area contributed by atoms with Gasteiger partial charge in [-0.15, -0.1) is 0 Å². The van der Waals surface area contributed by atoms with Crippen molar-refractivity contribution in [2.24, 2.45) is 5.73 Å². The molecule has 3 nitrogen and oxygen atoms in total. The molecule has 2 aromatic rings. The number of halogens is 6. The number of nitrogens with two attached hydrogens (primary N) is 1. The van der Waals surface area contributed by atoms with Gasteiger partial charge in [0.15, 0.2) is 23.3 Å². The maximum atomic E-state index is 14.3. The first-order chi connectivity index (χ1) is 11.2. The maximum Gasteiger partial charge on any atom is 0.171 e. The summed E-state index contributed by atoms with van der Waals surface area (Å²) in [6, 6.07) is 2.19. The van der Waals surface area contributed by atoms with Crippen molar-refractivity contribution in [2.45, 2.75) is 6.92 Å². The van der Waals surface area contributed by atoms with Crippen molar-refractivity contribution in [1.29, 1.82) is 10.5 Å². The number of hydrogen-bond donors (Lipinski definition) is 1. The van der Waals surface area contributed by atoms with Crippen LogP contribution in [0.25, 0.3) is 22.0 Å². The molecule has 0 aliphatic carbocycles. The molecule has 0 heterocycles. The van der Waals surface area contributed by atoms with Crippen LogP contribution < -0.4 is 16.2 Å². The topological polar surface area (TPSA) is 73.6 Å². The summed E-state index contributed by atoms with van der Waals surface area (Å²) in [5.41, 5.74) is 3.38. The van der Waals surface area contributed by atoms with Crippen molar-refractivity contribution in [3.05, 3.63) is 45.3 Å². The summed E-state index contributed by atoms with van der Waals surface area (Å²) in [4.78, 5) is 0. The fourth-order valence-corrected chi connectivity index (χ4v) is 2.22. The molecule has 0 aliphatic rings. The molecule has 9 heteroatoms. The molecule has 2 N–H and O–H groups in total. The zero-order chi connectivity index (χ0) is 18.3. The minimum absolute atomic E-state index is 0.587. The highest BCUT2D eigenvalue weighted by Crippen LogP contribution is 2.26. The van der Waals surface area contributed by atoms with Gasteiger partial charge in [0, 0.05) is 5.70 Å². The second kappa shape index (κ2) is 5.78. The maximum absolute atomic E-state index is 14.3. The van der Waals surface area contributed by atoms with Crippen molar-refractivity contribution in [2.75, 3.05) is 0 Å².